The molecule has 0 heterocycles. The molecule has 0 spiro atoms. The lowest BCUT2D eigenvalue weighted by Crippen LogP contribution is -2.10. The van der Waals surface area contributed by atoms with Crippen molar-refractivity contribution in [3.63, 3.8) is 0 Å². The largest absolute Gasteiger partial charge is 0.490 e. The van der Waals surface area contributed by atoms with Crippen LogP contribution in [0.3, 0.4) is 0 Å². The number of nitrogens with zero attached hydrogens (tertiary/aromatic N) is 1. The Morgan fingerprint density at radius 3 is 2.72 bits per heavy atom. The van der Waals surface area contributed by atoms with Gasteiger partial charge in [0.25, 0.3) is 0 Å². The maximum Gasteiger partial charge on any atom is 0.138 e. The van der Waals surface area contributed by atoms with E-state index in [-0.39, 0.29) is 0 Å². The topological polar surface area (TPSA) is 42.2 Å². The molecule has 0 amide bonds. The molecular formula is C14H19NO2S. The minimum absolute atomic E-state index is 0.471. The summed E-state index contributed by atoms with van der Waals surface area (Å²) in [5, 5.41) is 9.13. The molecule has 0 aromatic heterocycles. The number of rotatable bonds is 7. The fourth-order valence-corrected chi connectivity index (χ4v) is 2.01. The fraction of sp³-hybridized carbons (Fsp3) is 0.500. The van der Waals surface area contributed by atoms with Crippen LogP contribution >= 0.6 is 11.8 Å². The minimum atomic E-state index is 0.471. The van der Waals surface area contributed by atoms with E-state index in [0.717, 1.165) is 11.5 Å². The first-order valence-electron chi connectivity index (χ1n) is 5.96. The highest BCUT2D eigenvalue weighted by Gasteiger charge is 2.08. The Labute approximate surface area is 113 Å². The lowest BCUT2D eigenvalue weighted by molar-refractivity contribution is 0.0817. The number of ether oxygens (including phenoxy) is 2. The molecule has 0 radical (unpaired) electrons. The molecule has 0 fully saturated rings. The maximum absolute atomic E-state index is 9.13. The van der Waals surface area contributed by atoms with Crippen molar-refractivity contribution in [3.8, 4) is 11.8 Å². The van der Waals surface area contributed by atoms with Gasteiger partial charge >= 0.3 is 0 Å². The van der Waals surface area contributed by atoms with Crippen LogP contribution in [0.1, 0.15) is 19.4 Å². The summed E-state index contributed by atoms with van der Waals surface area (Å²) in [6.45, 7) is 5.97. The minimum Gasteiger partial charge on any atom is -0.490 e. The van der Waals surface area contributed by atoms with Crippen molar-refractivity contribution in [1.29, 1.82) is 5.26 Å². The maximum atomic E-state index is 9.13. The first-order chi connectivity index (χ1) is 8.69. The van der Waals surface area contributed by atoms with Crippen LogP contribution in [0.5, 0.6) is 5.75 Å². The Morgan fingerprint density at radius 2 is 2.11 bits per heavy atom. The predicted octanol–water partition coefficient (Wildman–Crippen LogP) is 3.33. The molecule has 3 nitrogen and oxygen atoms in total. The van der Waals surface area contributed by atoms with Crippen molar-refractivity contribution in [3.05, 3.63) is 23.8 Å². The number of benzene rings is 1. The summed E-state index contributed by atoms with van der Waals surface area (Å²) in [7, 11) is 0. The van der Waals surface area contributed by atoms with Crippen LogP contribution in [-0.4, -0.2) is 26.1 Å². The van der Waals surface area contributed by atoms with Crippen molar-refractivity contribution in [2.45, 2.75) is 18.7 Å². The summed E-state index contributed by atoms with van der Waals surface area (Å²) in [4.78, 5) is 0.943. The number of thioether (sulfide) groups is 1. The van der Waals surface area contributed by atoms with Gasteiger partial charge in [-0.05, 0) is 24.3 Å². The van der Waals surface area contributed by atoms with Gasteiger partial charge in [0.05, 0.1) is 6.61 Å². The highest BCUT2D eigenvalue weighted by Crippen LogP contribution is 2.27. The Hall–Kier alpha value is -1.18. The lowest BCUT2D eigenvalue weighted by atomic mass is 10.2. The number of hydrogen-bond donors (Lipinski definition) is 0. The van der Waals surface area contributed by atoms with Gasteiger partial charge in [-0.2, -0.15) is 5.26 Å². The van der Waals surface area contributed by atoms with E-state index < -0.39 is 0 Å². The molecule has 98 valence electrons. The quantitative estimate of drug-likeness (QED) is 0.560. The van der Waals surface area contributed by atoms with Gasteiger partial charge in [-0.3, -0.25) is 0 Å². The second-order valence-corrected chi connectivity index (χ2v) is 5.11. The summed E-state index contributed by atoms with van der Waals surface area (Å²) >= 11 is 1.55. The van der Waals surface area contributed by atoms with Crippen LogP contribution in [-0.2, 0) is 4.74 Å². The molecule has 0 aliphatic heterocycles. The van der Waals surface area contributed by atoms with Crippen LogP contribution < -0.4 is 4.74 Å². The van der Waals surface area contributed by atoms with E-state index in [9.17, 15) is 0 Å². The van der Waals surface area contributed by atoms with Crippen LogP contribution in [0.2, 0.25) is 0 Å². The summed E-state index contributed by atoms with van der Waals surface area (Å²) in [5.41, 5.74) is 0.605. The summed E-state index contributed by atoms with van der Waals surface area (Å²) in [5.74, 6) is 1.16. The van der Waals surface area contributed by atoms with Crippen molar-refractivity contribution < 1.29 is 9.47 Å². The van der Waals surface area contributed by atoms with Gasteiger partial charge in [0, 0.05) is 11.5 Å². The summed E-state index contributed by atoms with van der Waals surface area (Å²) in [6.07, 6.45) is 1.95. The first kappa shape index (κ1) is 14.9. The fourth-order valence-electron chi connectivity index (χ4n) is 1.44. The highest BCUT2D eigenvalue weighted by atomic mass is 32.2. The molecule has 0 atom stereocenters. The van der Waals surface area contributed by atoms with Crippen molar-refractivity contribution in [2.75, 3.05) is 26.1 Å². The molecular weight excluding hydrogens is 246 g/mol. The zero-order chi connectivity index (χ0) is 13.4. The van der Waals surface area contributed by atoms with Crippen molar-refractivity contribution in [2.24, 2.45) is 5.92 Å². The standard InChI is InChI=1S/C14H19NO2S/c1-11(2)10-16-7-8-17-13-5-4-6-14(18-3)12(13)9-15/h4-6,11H,7-8,10H2,1-3H3. The zero-order valence-electron chi connectivity index (χ0n) is 11.1. The average Bonchev–Trinajstić information content (AvgIpc) is 2.37. The summed E-state index contributed by atoms with van der Waals surface area (Å²) < 4.78 is 11.0. The van der Waals surface area contributed by atoms with Gasteiger partial charge in [0.1, 0.15) is 24.0 Å². The van der Waals surface area contributed by atoms with Crippen LogP contribution in [0.4, 0.5) is 0 Å². The lowest BCUT2D eigenvalue weighted by Gasteiger charge is -2.11. The molecule has 0 aliphatic rings. The van der Waals surface area contributed by atoms with E-state index >= 15 is 0 Å². The second kappa shape index (κ2) is 8.02. The van der Waals surface area contributed by atoms with Gasteiger partial charge in [-0.1, -0.05) is 19.9 Å². The van der Waals surface area contributed by atoms with E-state index in [1.807, 2.05) is 24.5 Å². The van der Waals surface area contributed by atoms with Crippen LogP contribution in [0.15, 0.2) is 23.1 Å². The van der Waals surface area contributed by atoms with Crippen LogP contribution in [0, 0.1) is 17.2 Å². The Bertz CT molecular complexity index is 413. The smallest absolute Gasteiger partial charge is 0.138 e. The van der Waals surface area contributed by atoms with E-state index in [4.69, 9.17) is 14.7 Å². The molecule has 0 bridgehead atoms. The van der Waals surface area contributed by atoms with Gasteiger partial charge in [0.2, 0.25) is 0 Å². The number of nitriles is 1. The third-order valence-electron chi connectivity index (χ3n) is 2.26. The monoisotopic (exact) mass is 265 g/mol. The third-order valence-corrected chi connectivity index (χ3v) is 3.04. The van der Waals surface area contributed by atoms with Crippen LogP contribution in [0.25, 0.3) is 0 Å². The van der Waals surface area contributed by atoms with Gasteiger partial charge < -0.3 is 9.47 Å². The molecule has 0 N–H and O–H groups in total. The molecule has 1 rings (SSSR count). The van der Waals surface area contributed by atoms with E-state index in [1.165, 1.54) is 0 Å². The predicted molar refractivity (Wildman–Crippen MR) is 74.1 cm³/mol. The van der Waals surface area contributed by atoms with E-state index in [1.54, 1.807) is 11.8 Å². The van der Waals surface area contributed by atoms with Gasteiger partial charge in [-0.15, -0.1) is 11.8 Å². The molecule has 0 saturated carbocycles. The molecule has 0 unspecified atom stereocenters. The van der Waals surface area contributed by atoms with Crippen molar-refractivity contribution >= 4 is 11.8 Å². The highest BCUT2D eigenvalue weighted by molar-refractivity contribution is 7.98. The molecule has 0 aliphatic carbocycles. The number of hydrogen-bond acceptors (Lipinski definition) is 4. The normalized spacial score (nSPS) is 10.4. The third kappa shape index (κ3) is 4.59. The molecule has 18 heavy (non-hydrogen) atoms. The second-order valence-electron chi connectivity index (χ2n) is 4.26. The Balaban J connectivity index is 2.50. The Morgan fingerprint density at radius 1 is 1.33 bits per heavy atom. The average molecular weight is 265 g/mol. The van der Waals surface area contributed by atoms with Gasteiger partial charge in [-0.25, -0.2) is 0 Å². The molecule has 0 saturated heterocycles. The SMILES string of the molecule is CSc1cccc(OCCOCC(C)C)c1C#N. The molecule has 1 aromatic carbocycles. The van der Waals surface area contributed by atoms with E-state index in [0.29, 0.717) is 30.4 Å². The Kier molecular flexibility index (Phi) is 6.63. The van der Waals surface area contributed by atoms with E-state index in [2.05, 4.69) is 19.9 Å². The van der Waals surface area contributed by atoms with Gasteiger partial charge in [0.15, 0.2) is 0 Å². The molecule has 1 aromatic rings. The zero-order valence-corrected chi connectivity index (χ0v) is 11.9. The summed E-state index contributed by atoms with van der Waals surface area (Å²) in [6, 6.07) is 7.83. The van der Waals surface area contributed by atoms with Crippen molar-refractivity contribution in [1.82, 2.24) is 0 Å². The molecule has 4 heteroatoms. The first-order valence-corrected chi connectivity index (χ1v) is 7.19.